The molecule has 2 atom stereocenters. The van der Waals surface area contributed by atoms with Crippen LogP contribution in [0.15, 0.2) is 30.6 Å². The molecule has 98 valence electrons. The lowest BCUT2D eigenvalue weighted by atomic mass is 9.94. The molecule has 1 aromatic heterocycles. The molecule has 2 aromatic rings. The Morgan fingerprint density at radius 2 is 2.32 bits per heavy atom. The normalized spacial score (nSPS) is 21.9. The van der Waals surface area contributed by atoms with Crippen LogP contribution < -0.4 is 5.32 Å². The van der Waals surface area contributed by atoms with E-state index in [0.717, 1.165) is 11.4 Å². The highest BCUT2D eigenvalue weighted by Gasteiger charge is 2.33. The molecule has 19 heavy (non-hydrogen) atoms. The molecular formula is C13H12FN3O2. The van der Waals surface area contributed by atoms with E-state index < -0.39 is 18.1 Å². The Morgan fingerprint density at radius 1 is 1.47 bits per heavy atom. The largest absolute Gasteiger partial charge is 0.480 e. The number of hydrogen-bond donors (Lipinski definition) is 3. The second-order valence-corrected chi connectivity index (χ2v) is 4.52. The number of benzene rings is 1. The lowest BCUT2D eigenvalue weighted by molar-refractivity contribution is -0.139. The number of carbonyl (C=O) groups is 1. The maximum Gasteiger partial charge on any atom is 0.321 e. The number of nitrogens with zero attached hydrogens (tertiary/aromatic N) is 1. The number of rotatable bonds is 2. The van der Waals surface area contributed by atoms with Crippen LogP contribution in [-0.2, 0) is 11.2 Å². The molecule has 0 amide bonds. The van der Waals surface area contributed by atoms with Gasteiger partial charge in [0.1, 0.15) is 11.9 Å². The number of H-pyrrole nitrogens is 1. The van der Waals surface area contributed by atoms with E-state index in [4.69, 9.17) is 5.11 Å². The van der Waals surface area contributed by atoms with E-state index in [1.807, 2.05) is 0 Å². The zero-order valence-electron chi connectivity index (χ0n) is 9.93. The highest BCUT2D eigenvalue weighted by Crippen LogP contribution is 2.28. The van der Waals surface area contributed by atoms with Crippen molar-refractivity contribution in [3.63, 3.8) is 0 Å². The van der Waals surface area contributed by atoms with E-state index in [2.05, 4.69) is 15.3 Å². The number of aliphatic carboxylic acids is 1. The van der Waals surface area contributed by atoms with Crippen molar-refractivity contribution in [3.05, 3.63) is 53.4 Å². The Labute approximate surface area is 108 Å². The average molecular weight is 261 g/mol. The van der Waals surface area contributed by atoms with Gasteiger partial charge in [0.25, 0.3) is 0 Å². The quantitative estimate of drug-likeness (QED) is 0.760. The summed E-state index contributed by atoms with van der Waals surface area (Å²) in [6.45, 7) is 0. The van der Waals surface area contributed by atoms with Crippen LogP contribution in [0.25, 0.3) is 0 Å². The molecule has 2 heterocycles. The van der Waals surface area contributed by atoms with Crippen molar-refractivity contribution in [2.45, 2.75) is 18.5 Å². The summed E-state index contributed by atoms with van der Waals surface area (Å²) in [4.78, 5) is 18.3. The van der Waals surface area contributed by atoms with Crippen molar-refractivity contribution in [2.24, 2.45) is 0 Å². The Kier molecular flexibility index (Phi) is 2.79. The predicted octanol–water partition coefficient (Wildman–Crippen LogP) is 1.24. The third-order valence-corrected chi connectivity index (χ3v) is 3.28. The summed E-state index contributed by atoms with van der Waals surface area (Å²) in [5.74, 6) is -1.28. The van der Waals surface area contributed by atoms with Crippen molar-refractivity contribution in [1.29, 1.82) is 0 Å². The Hall–Kier alpha value is -2.21. The zero-order chi connectivity index (χ0) is 13.4. The summed E-state index contributed by atoms with van der Waals surface area (Å²) in [7, 11) is 0. The van der Waals surface area contributed by atoms with Gasteiger partial charge in [-0.2, -0.15) is 0 Å². The van der Waals surface area contributed by atoms with Gasteiger partial charge in [-0.15, -0.1) is 0 Å². The molecule has 1 aromatic carbocycles. The first-order valence-corrected chi connectivity index (χ1v) is 5.91. The van der Waals surface area contributed by atoms with E-state index in [0.29, 0.717) is 12.0 Å². The van der Waals surface area contributed by atoms with Gasteiger partial charge in [0.15, 0.2) is 0 Å². The van der Waals surface area contributed by atoms with Gasteiger partial charge in [-0.3, -0.25) is 10.1 Å². The number of imidazole rings is 1. The van der Waals surface area contributed by atoms with Gasteiger partial charge in [0, 0.05) is 12.1 Å². The Bertz CT molecular complexity index is 626. The fourth-order valence-corrected chi connectivity index (χ4v) is 2.39. The van der Waals surface area contributed by atoms with Gasteiger partial charge < -0.3 is 10.1 Å². The molecule has 5 nitrogen and oxygen atoms in total. The minimum Gasteiger partial charge on any atom is -0.480 e. The summed E-state index contributed by atoms with van der Waals surface area (Å²) >= 11 is 0. The molecule has 0 bridgehead atoms. The van der Waals surface area contributed by atoms with Gasteiger partial charge in [0.05, 0.1) is 18.1 Å². The number of carboxylic acid groups (broad SMARTS) is 1. The third-order valence-electron chi connectivity index (χ3n) is 3.28. The molecule has 0 saturated carbocycles. The van der Waals surface area contributed by atoms with Crippen LogP contribution in [0.5, 0.6) is 0 Å². The van der Waals surface area contributed by atoms with Crippen LogP contribution in [-0.4, -0.2) is 27.1 Å². The monoisotopic (exact) mass is 261 g/mol. The number of aromatic amines is 1. The highest BCUT2D eigenvalue weighted by atomic mass is 19.1. The maximum absolute atomic E-state index is 13.3. The molecule has 0 aliphatic carbocycles. The molecule has 3 rings (SSSR count). The first kappa shape index (κ1) is 11.9. The second-order valence-electron chi connectivity index (χ2n) is 4.52. The average Bonchev–Trinajstić information content (AvgIpc) is 2.85. The second kappa shape index (κ2) is 4.47. The number of fused-ring (bicyclic) bond motifs is 1. The van der Waals surface area contributed by atoms with Gasteiger partial charge in [0.2, 0.25) is 0 Å². The molecule has 3 N–H and O–H groups in total. The topological polar surface area (TPSA) is 78.0 Å². The molecule has 0 spiro atoms. The molecule has 0 radical (unpaired) electrons. The molecule has 0 saturated heterocycles. The van der Waals surface area contributed by atoms with Crippen LogP contribution in [0.3, 0.4) is 0 Å². The predicted molar refractivity (Wildman–Crippen MR) is 65.1 cm³/mol. The van der Waals surface area contributed by atoms with Crippen LogP contribution >= 0.6 is 0 Å². The first-order chi connectivity index (χ1) is 9.15. The third kappa shape index (κ3) is 2.10. The zero-order valence-corrected chi connectivity index (χ0v) is 9.93. The van der Waals surface area contributed by atoms with Gasteiger partial charge in [-0.05, 0) is 17.7 Å². The SMILES string of the molecule is O=C(O)[C@@H]1Cc2[nH]cnc2[C@H](c2cccc(F)c2)N1. The lowest BCUT2D eigenvalue weighted by Crippen LogP contribution is -2.45. The maximum atomic E-state index is 13.3. The van der Waals surface area contributed by atoms with E-state index in [9.17, 15) is 9.18 Å². The number of nitrogens with one attached hydrogen (secondary N) is 2. The smallest absolute Gasteiger partial charge is 0.321 e. The lowest BCUT2D eigenvalue weighted by Gasteiger charge is -2.28. The van der Waals surface area contributed by atoms with Crippen molar-refractivity contribution < 1.29 is 14.3 Å². The summed E-state index contributed by atoms with van der Waals surface area (Å²) in [5.41, 5.74) is 2.17. The van der Waals surface area contributed by atoms with Gasteiger partial charge in [-0.25, -0.2) is 9.37 Å². The van der Waals surface area contributed by atoms with Crippen molar-refractivity contribution in [3.8, 4) is 0 Å². The van der Waals surface area contributed by atoms with Crippen molar-refractivity contribution in [2.75, 3.05) is 0 Å². The number of hydrogen-bond acceptors (Lipinski definition) is 3. The minimum absolute atomic E-state index is 0.344. The first-order valence-electron chi connectivity index (χ1n) is 5.91. The van der Waals surface area contributed by atoms with E-state index in [1.54, 1.807) is 12.1 Å². The van der Waals surface area contributed by atoms with Crippen LogP contribution in [0, 0.1) is 5.82 Å². The van der Waals surface area contributed by atoms with Gasteiger partial charge >= 0.3 is 5.97 Å². The van der Waals surface area contributed by atoms with Crippen molar-refractivity contribution in [1.82, 2.24) is 15.3 Å². The Morgan fingerprint density at radius 3 is 3.05 bits per heavy atom. The summed E-state index contributed by atoms with van der Waals surface area (Å²) in [5, 5.41) is 12.1. The molecule has 0 unspecified atom stereocenters. The minimum atomic E-state index is -0.929. The fourth-order valence-electron chi connectivity index (χ4n) is 2.39. The van der Waals surface area contributed by atoms with Crippen LogP contribution in [0.1, 0.15) is 23.0 Å². The molecule has 1 aliphatic heterocycles. The number of carboxylic acids is 1. The molecule has 1 aliphatic rings. The van der Waals surface area contributed by atoms with Gasteiger partial charge in [-0.1, -0.05) is 12.1 Å². The van der Waals surface area contributed by atoms with E-state index in [1.165, 1.54) is 18.5 Å². The van der Waals surface area contributed by atoms with Crippen LogP contribution in [0.2, 0.25) is 0 Å². The van der Waals surface area contributed by atoms with Crippen molar-refractivity contribution >= 4 is 5.97 Å². The highest BCUT2D eigenvalue weighted by molar-refractivity contribution is 5.74. The summed E-state index contributed by atoms with van der Waals surface area (Å²) in [6, 6.07) is 4.98. The van der Waals surface area contributed by atoms with E-state index >= 15 is 0 Å². The van der Waals surface area contributed by atoms with Crippen LogP contribution in [0.4, 0.5) is 4.39 Å². The summed E-state index contributed by atoms with van der Waals surface area (Å²) < 4.78 is 13.3. The van der Waals surface area contributed by atoms with E-state index in [-0.39, 0.29) is 5.82 Å². The fraction of sp³-hybridized carbons (Fsp3) is 0.231. The molecule has 6 heteroatoms. The standard InChI is InChI=1S/C13H12FN3O2/c14-8-3-1-2-7(4-8)11-12-9(15-6-16-12)5-10(17-11)13(18)19/h1-4,6,10-11,17H,5H2,(H,15,16)(H,18,19)/t10-,11-/m0/s1. The molecular weight excluding hydrogens is 249 g/mol. The Balaban J connectivity index is 2.03. The summed E-state index contributed by atoms with van der Waals surface area (Å²) in [6.07, 6.45) is 1.87. The number of halogens is 1. The number of aromatic nitrogens is 2. The molecule has 0 fully saturated rings.